The highest BCUT2D eigenvalue weighted by Crippen LogP contribution is 2.39. The van der Waals surface area contributed by atoms with Gasteiger partial charge in [-0.15, -0.1) is 13.2 Å². The van der Waals surface area contributed by atoms with Crippen molar-refractivity contribution in [2.24, 2.45) is 0 Å². The van der Waals surface area contributed by atoms with Crippen LogP contribution in [-0.4, -0.2) is 41.1 Å². The molecular weight excluding hydrogens is 399 g/mol. The van der Waals surface area contributed by atoms with Crippen molar-refractivity contribution in [2.45, 2.75) is 76.6 Å². The van der Waals surface area contributed by atoms with E-state index in [1.807, 2.05) is 20.8 Å². The number of alkyl halides is 3. The van der Waals surface area contributed by atoms with E-state index in [1.54, 1.807) is 4.90 Å². The molecule has 2 heterocycles. The predicted molar refractivity (Wildman–Crippen MR) is 96.7 cm³/mol. The minimum Gasteiger partial charge on any atom is -0.490 e. The number of halogens is 4. The summed E-state index contributed by atoms with van der Waals surface area (Å²) < 4.78 is 52.7. The smallest absolute Gasteiger partial charge is 0.490 e. The quantitative estimate of drug-likeness (QED) is 0.642. The van der Waals surface area contributed by atoms with E-state index in [9.17, 15) is 18.0 Å². The highest BCUT2D eigenvalue weighted by Gasteiger charge is 2.45. The van der Waals surface area contributed by atoms with Crippen molar-refractivity contribution in [2.75, 3.05) is 0 Å². The molecule has 2 atom stereocenters. The van der Waals surface area contributed by atoms with Gasteiger partial charge in [-0.05, 0) is 45.7 Å². The van der Waals surface area contributed by atoms with Gasteiger partial charge < -0.3 is 19.1 Å². The lowest BCUT2D eigenvalue weighted by atomic mass is 10.00. The van der Waals surface area contributed by atoms with Crippen LogP contribution in [0.2, 0.25) is 5.02 Å². The Labute approximate surface area is 166 Å². The molecule has 0 radical (unpaired) electrons. The first-order valence-corrected chi connectivity index (χ1v) is 9.52. The Kier molecular flexibility index (Phi) is 5.62. The Morgan fingerprint density at radius 2 is 1.64 bits per heavy atom. The zero-order valence-electron chi connectivity index (χ0n) is 15.9. The Bertz CT molecular complexity index is 721. The second-order valence-electron chi connectivity index (χ2n) is 8.15. The van der Waals surface area contributed by atoms with E-state index in [4.69, 9.17) is 21.1 Å². The highest BCUT2D eigenvalue weighted by atomic mass is 35.5. The summed E-state index contributed by atoms with van der Waals surface area (Å²) in [6.45, 7) is 5.47. The number of benzene rings is 1. The number of carbonyl (C=O) groups is 1. The van der Waals surface area contributed by atoms with Crippen molar-refractivity contribution >= 4 is 17.7 Å². The van der Waals surface area contributed by atoms with Gasteiger partial charge in [-0.3, -0.25) is 0 Å². The van der Waals surface area contributed by atoms with E-state index in [-0.39, 0.29) is 35.1 Å². The molecule has 2 saturated heterocycles. The van der Waals surface area contributed by atoms with Crippen LogP contribution in [0.1, 0.15) is 46.5 Å². The van der Waals surface area contributed by atoms with Crippen molar-refractivity contribution in [1.29, 1.82) is 0 Å². The average molecular weight is 422 g/mol. The van der Waals surface area contributed by atoms with E-state index in [1.165, 1.54) is 12.1 Å². The minimum atomic E-state index is -4.81. The van der Waals surface area contributed by atoms with E-state index >= 15 is 0 Å². The van der Waals surface area contributed by atoms with Gasteiger partial charge in [-0.2, -0.15) is 0 Å². The molecule has 2 bridgehead atoms. The molecule has 3 rings (SSSR count). The summed E-state index contributed by atoms with van der Waals surface area (Å²) in [4.78, 5) is 14.3. The second-order valence-corrected chi connectivity index (χ2v) is 8.59. The van der Waals surface area contributed by atoms with E-state index in [0.29, 0.717) is 12.8 Å². The molecular formula is C19H23ClF3NO4. The number of hydrogen-bond acceptors (Lipinski definition) is 4. The first-order chi connectivity index (χ1) is 12.9. The van der Waals surface area contributed by atoms with Crippen LogP contribution in [-0.2, 0) is 4.74 Å². The van der Waals surface area contributed by atoms with Crippen LogP contribution in [0.3, 0.4) is 0 Å². The maximum atomic E-state index is 12.5. The maximum absolute atomic E-state index is 12.5. The summed E-state index contributed by atoms with van der Waals surface area (Å²) in [6.07, 6.45) is -2.51. The fourth-order valence-electron chi connectivity index (χ4n) is 3.83. The first kappa shape index (κ1) is 20.9. The first-order valence-electron chi connectivity index (χ1n) is 9.14. The summed E-state index contributed by atoms with van der Waals surface area (Å²) in [7, 11) is 0. The molecule has 2 aliphatic rings. The Morgan fingerprint density at radius 1 is 1.07 bits per heavy atom. The third-order valence-electron chi connectivity index (χ3n) is 4.68. The molecule has 1 aromatic rings. The SMILES string of the molecule is CC(C)(C)OC(=O)N1[C@H]2CC[C@H]1CC(Oc1cc(Cl)cc(OC(F)(F)F)c1)C2. The van der Waals surface area contributed by atoms with Crippen LogP contribution in [0, 0.1) is 0 Å². The number of ether oxygens (including phenoxy) is 3. The summed E-state index contributed by atoms with van der Waals surface area (Å²) in [5.74, 6) is -0.217. The van der Waals surface area contributed by atoms with Crippen LogP contribution in [0.15, 0.2) is 18.2 Å². The number of fused-ring (bicyclic) bond motifs is 2. The van der Waals surface area contributed by atoms with Crippen molar-refractivity contribution in [1.82, 2.24) is 4.90 Å². The van der Waals surface area contributed by atoms with E-state index in [2.05, 4.69) is 4.74 Å². The topological polar surface area (TPSA) is 48.0 Å². The van der Waals surface area contributed by atoms with Gasteiger partial charge >= 0.3 is 12.5 Å². The van der Waals surface area contributed by atoms with Gasteiger partial charge in [0, 0.05) is 36.0 Å². The predicted octanol–water partition coefficient (Wildman–Crippen LogP) is 5.55. The van der Waals surface area contributed by atoms with E-state index < -0.39 is 17.7 Å². The molecule has 28 heavy (non-hydrogen) atoms. The normalized spacial score (nSPS) is 24.8. The Morgan fingerprint density at radius 3 is 2.18 bits per heavy atom. The molecule has 9 heteroatoms. The number of nitrogens with zero attached hydrogens (tertiary/aromatic N) is 1. The molecule has 0 N–H and O–H groups in total. The molecule has 0 unspecified atom stereocenters. The number of piperidine rings is 1. The summed E-state index contributed by atoms with van der Waals surface area (Å²) in [5, 5.41) is 0.0888. The monoisotopic (exact) mass is 421 g/mol. The Hall–Kier alpha value is -1.83. The van der Waals surface area contributed by atoms with Crippen LogP contribution >= 0.6 is 11.6 Å². The lowest BCUT2D eigenvalue weighted by Gasteiger charge is -2.39. The zero-order chi connectivity index (χ0) is 20.7. The number of hydrogen-bond donors (Lipinski definition) is 0. The summed E-state index contributed by atoms with van der Waals surface area (Å²) in [6, 6.07) is 3.68. The van der Waals surface area contributed by atoms with Crippen molar-refractivity contribution in [3.05, 3.63) is 23.2 Å². The number of carbonyl (C=O) groups excluding carboxylic acids is 1. The summed E-state index contributed by atoms with van der Waals surface area (Å²) >= 11 is 5.90. The second kappa shape index (κ2) is 7.54. The van der Waals surface area contributed by atoms with Crippen LogP contribution in [0.25, 0.3) is 0 Å². The zero-order valence-corrected chi connectivity index (χ0v) is 16.6. The molecule has 0 saturated carbocycles. The maximum Gasteiger partial charge on any atom is 0.573 e. The molecule has 0 aromatic heterocycles. The molecule has 5 nitrogen and oxygen atoms in total. The molecule has 0 aliphatic carbocycles. The van der Waals surface area contributed by atoms with Gasteiger partial charge in [0.15, 0.2) is 0 Å². The van der Waals surface area contributed by atoms with Gasteiger partial charge in [0.1, 0.15) is 23.2 Å². The third kappa shape index (κ3) is 5.37. The molecule has 156 valence electrons. The van der Waals surface area contributed by atoms with Crippen LogP contribution in [0.4, 0.5) is 18.0 Å². The van der Waals surface area contributed by atoms with Crippen LogP contribution < -0.4 is 9.47 Å². The van der Waals surface area contributed by atoms with Crippen molar-refractivity contribution in [3.8, 4) is 11.5 Å². The highest BCUT2D eigenvalue weighted by molar-refractivity contribution is 6.30. The lowest BCUT2D eigenvalue weighted by molar-refractivity contribution is -0.274. The Balaban J connectivity index is 1.66. The molecule has 0 spiro atoms. The van der Waals surface area contributed by atoms with Gasteiger partial charge in [-0.1, -0.05) is 11.6 Å². The van der Waals surface area contributed by atoms with Gasteiger partial charge in [0.25, 0.3) is 0 Å². The fraction of sp³-hybridized carbons (Fsp3) is 0.632. The molecule has 1 aromatic carbocycles. The summed E-state index contributed by atoms with van der Waals surface area (Å²) in [5.41, 5.74) is -0.570. The lowest BCUT2D eigenvalue weighted by Crippen LogP contribution is -2.50. The largest absolute Gasteiger partial charge is 0.573 e. The average Bonchev–Trinajstić information content (AvgIpc) is 2.75. The fourth-order valence-corrected chi connectivity index (χ4v) is 4.04. The van der Waals surface area contributed by atoms with Gasteiger partial charge in [0.2, 0.25) is 0 Å². The molecule has 2 aliphatic heterocycles. The third-order valence-corrected chi connectivity index (χ3v) is 4.89. The van der Waals surface area contributed by atoms with Crippen molar-refractivity contribution < 1.29 is 32.2 Å². The van der Waals surface area contributed by atoms with Gasteiger partial charge in [0.05, 0.1) is 0 Å². The van der Waals surface area contributed by atoms with Gasteiger partial charge in [-0.25, -0.2) is 4.79 Å². The van der Waals surface area contributed by atoms with Crippen molar-refractivity contribution in [3.63, 3.8) is 0 Å². The molecule has 2 fully saturated rings. The molecule has 1 amide bonds. The number of rotatable bonds is 3. The standard InChI is InChI=1S/C19H23ClF3NO4/c1-18(2,3)28-17(25)24-12-4-5-13(24)9-15(8-12)26-14-6-11(20)7-16(10-14)27-19(21,22)23/h6-7,10,12-13,15H,4-5,8-9H2,1-3H3/t12-,13-/m0/s1. The minimum absolute atomic E-state index is 0.0105. The van der Waals surface area contributed by atoms with E-state index in [0.717, 1.165) is 18.9 Å². The van der Waals surface area contributed by atoms with Crippen LogP contribution in [0.5, 0.6) is 11.5 Å². The number of amides is 1.